The molecule has 3 nitrogen and oxygen atoms in total. The molecule has 0 amide bonds. The van der Waals surface area contributed by atoms with Crippen LogP contribution in [-0.2, 0) is 6.42 Å². The van der Waals surface area contributed by atoms with E-state index in [9.17, 15) is 0 Å². The standard InChI is InChI=1S/C11H15N3/c1-2-3-4-5-9-8-13-11-10(14-9)6-7-12-11/h6-8H,2-5H2,1H3,(H,12,13). The summed E-state index contributed by atoms with van der Waals surface area (Å²) in [5.41, 5.74) is 2.95. The zero-order valence-corrected chi connectivity index (χ0v) is 8.45. The molecule has 3 heteroatoms. The Morgan fingerprint density at radius 3 is 3.14 bits per heavy atom. The third-order valence-corrected chi connectivity index (χ3v) is 2.35. The minimum Gasteiger partial charge on any atom is -0.345 e. The van der Waals surface area contributed by atoms with Gasteiger partial charge in [-0.3, -0.25) is 0 Å². The average Bonchev–Trinajstić information content (AvgIpc) is 2.65. The second kappa shape index (κ2) is 4.22. The Morgan fingerprint density at radius 1 is 1.36 bits per heavy atom. The molecular weight excluding hydrogens is 174 g/mol. The van der Waals surface area contributed by atoms with Crippen LogP contribution < -0.4 is 0 Å². The molecule has 0 aliphatic heterocycles. The quantitative estimate of drug-likeness (QED) is 0.751. The van der Waals surface area contributed by atoms with Crippen molar-refractivity contribution >= 4 is 11.2 Å². The zero-order valence-electron chi connectivity index (χ0n) is 8.45. The summed E-state index contributed by atoms with van der Waals surface area (Å²) in [6.07, 6.45) is 8.52. The lowest BCUT2D eigenvalue weighted by molar-refractivity contribution is 0.707. The topological polar surface area (TPSA) is 41.6 Å². The van der Waals surface area contributed by atoms with E-state index in [4.69, 9.17) is 0 Å². The molecule has 0 aliphatic rings. The number of unbranched alkanes of at least 4 members (excludes halogenated alkanes) is 2. The van der Waals surface area contributed by atoms with Crippen molar-refractivity contribution < 1.29 is 0 Å². The predicted molar refractivity (Wildman–Crippen MR) is 57.1 cm³/mol. The van der Waals surface area contributed by atoms with Crippen molar-refractivity contribution in [2.75, 3.05) is 0 Å². The van der Waals surface area contributed by atoms with Gasteiger partial charge in [0.25, 0.3) is 0 Å². The fourth-order valence-corrected chi connectivity index (χ4v) is 1.55. The van der Waals surface area contributed by atoms with E-state index in [-0.39, 0.29) is 0 Å². The van der Waals surface area contributed by atoms with Crippen molar-refractivity contribution in [3.63, 3.8) is 0 Å². The second-order valence-electron chi connectivity index (χ2n) is 3.53. The summed E-state index contributed by atoms with van der Waals surface area (Å²) in [5, 5.41) is 0. The van der Waals surface area contributed by atoms with Crippen molar-refractivity contribution in [2.24, 2.45) is 0 Å². The molecule has 0 saturated heterocycles. The number of rotatable bonds is 4. The summed E-state index contributed by atoms with van der Waals surface area (Å²) >= 11 is 0. The van der Waals surface area contributed by atoms with Crippen LogP contribution in [-0.4, -0.2) is 15.0 Å². The maximum Gasteiger partial charge on any atom is 0.155 e. The Labute approximate surface area is 83.6 Å². The van der Waals surface area contributed by atoms with Crippen molar-refractivity contribution in [3.05, 3.63) is 24.2 Å². The van der Waals surface area contributed by atoms with Crippen LogP contribution in [0.5, 0.6) is 0 Å². The van der Waals surface area contributed by atoms with E-state index < -0.39 is 0 Å². The molecule has 0 spiro atoms. The van der Waals surface area contributed by atoms with Gasteiger partial charge in [-0.2, -0.15) is 0 Å². The maximum atomic E-state index is 4.51. The first kappa shape index (κ1) is 9.19. The first-order chi connectivity index (χ1) is 6.90. The smallest absolute Gasteiger partial charge is 0.155 e. The predicted octanol–water partition coefficient (Wildman–Crippen LogP) is 2.69. The Bertz CT molecular complexity index is 406. The van der Waals surface area contributed by atoms with Crippen LogP contribution in [0.2, 0.25) is 0 Å². The highest BCUT2D eigenvalue weighted by Gasteiger charge is 1.99. The average molecular weight is 189 g/mol. The van der Waals surface area contributed by atoms with Gasteiger partial charge in [-0.15, -0.1) is 0 Å². The Balaban J connectivity index is 2.10. The molecule has 74 valence electrons. The van der Waals surface area contributed by atoms with Gasteiger partial charge in [0.05, 0.1) is 11.9 Å². The van der Waals surface area contributed by atoms with E-state index in [1.54, 1.807) is 0 Å². The molecular formula is C11H15N3. The molecule has 2 rings (SSSR count). The summed E-state index contributed by atoms with van der Waals surface area (Å²) in [5.74, 6) is 0. The normalized spacial score (nSPS) is 10.9. The molecule has 2 aromatic rings. The van der Waals surface area contributed by atoms with Gasteiger partial charge in [-0.25, -0.2) is 9.97 Å². The van der Waals surface area contributed by atoms with Crippen molar-refractivity contribution in [2.45, 2.75) is 32.6 Å². The first-order valence-electron chi connectivity index (χ1n) is 5.19. The molecule has 0 aromatic carbocycles. The minimum atomic E-state index is 0.879. The Hall–Kier alpha value is -1.38. The van der Waals surface area contributed by atoms with Crippen LogP contribution in [0.25, 0.3) is 11.2 Å². The van der Waals surface area contributed by atoms with E-state index >= 15 is 0 Å². The van der Waals surface area contributed by atoms with E-state index in [1.807, 2.05) is 18.5 Å². The lowest BCUT2D eigenvalue weighted by Crippen LogP contribution is -1.92. The van der Waals surface area contributed by atoms with Crippen LogP contribution in [0, 0.1) is 0 Å². The highest BCUT2D eigenvalue weighted by Crippen LogP contribution is 2.09. The molecule has 0 aliphatic carbocycles. The van der Waals surface area contributed by atoms with Gasteiger partial charge in [-0.1, -0.05) is 19.8 Å². The fraction of sp³-hybridized carbons (Fsp3) is 0.455. The number of nitrogens with one attached hydrogen (secondary N) is 1. The Kier molecular flexibility index (Phi) is 2.77. The van der Waals surface area contributed by atoms with Crippen LogP contribution >= 0.6 is 0 Å². The number of H-pyrrole nitrogens is 1. The van der Waals surface area contributed by atoms with Gasteiger partial charge in [0.2, 0.25) is 0 Å². The lowest BCUT2D eigenvalue weighted by Gasteiger charge is -1.98. The largest absolute Gasteiger partial charge is 0.345 e. The number of fused-ring (bicyclic) bond motifs is 1. The molecule has 2 heterocycles. The number of hydrogen-bond acceptors (Lipinski definition) is 2. The van der Waals surface area contributed by atoms with Gasteiger partial charge in [0.1, 0.15) is 5.52 Å². The fourth-order valence-electron chi connectivity index (χ4n) is 1.55. The van der Waals surface area contributed by atoms with E-state index in [0.717, 1.165) is 23.3 Å². The molecule has 0 bridgehead atoms. The van der Waals surface area contributed by atoms with E-state index in [1.165, 1.54) is 19.3 Å². The summed E-state index contributed by atoms with van der Waals surface area (Å²) in [7, 11) is 0. The van der Waals surface area contributed by atoms with E-state index in [0.29, 0.717) is 0 Å². The zero-order chi connectivity index (χ0) is 9.80. The third kappa shape index (κ3) is 1.92. The summed E-state index contributed by atoms with van der Waals surface area (Å²) in [6.45, 7) is 2.21. The second-order valence-corrected chi connectivity index (χ2v) is 3.53. The molecule has 14 heavy (non-hydrogen) atoms. The van der Waals surface area contributed by atoms with Crippen LogP contribution in [0.1, 0.15) is 31.9 Å². The van der Waals surface area contributed by atoms with Gasteiger partial charge in [-0.05, 0) is 18.9 Å². The summed E-state index contributed by atoms with van der Waals surface area (Å²) in [6, 6.07) is 1.96. The monoisotopic (exact) mass is 189 g/mol. The van der Waals surface area contributed by atoms with E-state index in [2.05, 4.69) is 21.9 Å². The summed E-state index contributed by atoms with van der Waals surface area (Å²) in [4.78, 5) is 11.9. The summed E-state index contributed by atoms with van der Waals surface area (Å²) < 4.78 is 0. The maximum absolute atomic E-state index is 4.51. The highest BCUT2D eigenvalue weighted by atomic mass is 14.9. The van der Waals surface area contributed by atoms with Gasteiger partial charge in [0, 0.05) is 6.20 Å². The van der Waals surface area contributed by atoms with Crippen LogP contribution in [0.3, 0.4) is 0 Å². The molecule has 0 saturated carbocycles. The SMILES string of the molecule is CCCCCc1cnc2[nH]ccc2n1. The minimum absolute atomic E-state index is 0.879. The van der Waals surface area contributed by atoms with Crippen LogP contribution in [0.4, 0.5) is 0 Å². The number of aromatic amines is 1. The van der Waals surface area contributed by atoms with Crippen molar-refractivity contribution in [1.82, 2.24) is 15.0 Å². The lowest BCUT2D eigenvalue weighted by atomic mass is 10.2. The molecule has 0 atom stereocenters. The van der Waals surface area contributed by atoms with Gasteiger partial charge in [0.15, 0.2) is 5.65 Å². The molecule has 2 aromatic heterocycles. The highest BCUT2D eigenvalue weighted by molar-refractivity contribution is 5.69. The number of aryl methyl sites for hydroxylation is 1. The first-order valence-corrected chi connectivity index (χ1v) is 5.19. The number of hydrogen-bond donors (Lipinski definition) is 1. The Morgan fingerprint density at radius 2 is 2.29 bits per heavy atom. The molecule has 0 fully saturated rings. The van der Waals surface area contributed by atoms with Gasteiger partial charge < -0.3 is 4.98 Å². The molecule has 0 unspecified atom stereocenters. The number of aromatic nitrogens is 3. The number of nitrogens with zero attached hydrogens (tertiary/aromatic N) is 2. The van der Waals surface area contributed by atoms with Gasteiger partial charge >= 0.3 is 0 Å². The molecule has 0 radical (unpaired) electrons. The van der Waals surface area contributed by atoms with Crippen molar-refractivity contribution in [3.8, 4) is 0 Å². The third-order valence-electron chi connectivity index (χ3n) is 2.35. The van der Waals surface area contributed by atoms with Crippen molar-refractivity contribution in [1.29, 1.82) is 0 Å². The van der Waals surface area contributed by atoms with Crippen LogP contribution in [0.15, 0.2) is 18.5 Å². The molecule has 1 N–H and O–H groups in total.